The molecule has 132 valence electrons. The zero-order chi connectivity index (χ0) is 18.6. The minimum atomic E-state index is -3.92. The van der Waals surface area contributed by atoms with Gasteiger partial charge in [0.05, 0.1) is 0 Å². The first kappa shape index (κ1) is 14.7. The van der Waals surface area contributed by atoms with Gasteiger partial charge in [0.1, 0.15) is 4.91 Å². The fraction of sp³-hybridized carbons (Fsp3) is 0. The Hall–Kier alpha value is -3.37. The van der Waals surface area contributed by atoms with Gasteiger partial charge in [0, 0.05) is 27.7 Å². The fourth-order valence-electron chi connectivity index (χ4n) is 4.99. The highest BCUT2D eigenvalue weighted by Gasteiger charge is 2.44. The smallest absolute Gasteiger partial charge is 0.340 e. The number of fused-ring (bicyclic) bond motifs is 5. The molecule has 28 heavy (non-hydrogen) atoms. The van der Waals surface area contributed by atoms with E-state index in [1.165, 1.54) is 0 Å². The lowest BCUT2D eigenvalue weighted by Gasteiger charge is -2.20. The van der Waals surface area contributed by atoms with Gasteiger partial charge in [-0.3, -0.25) is 0 Å². The van der Waals surface area contributed by atoms with Crippen LogP contribution in [0.4, 0.5) is 0 Å². The van der Waals surface area contributed by atoms with Crippen molar-refractivity contribution in [3.63, 3.8) is 0 Å². The van der Waals surface area contributed by atoms with Gasteiger partial charge in [-0.05, 0) is 27.3 Å². The third kappa shape index (κ3) is 1.51. The number of hydrogen-bond donors (Lipinski definition) is 0. The Balaban J connectivity index is 1.70. The van der Waals surface area contributed by atoms with Gasteiger partial charge < -0.3 is 4.18 Å². The van der Waals surface area contributed by atoms with Crippen molar-refractivity contribution in [3.8, 4) is 0 Å². The molecule has 1 aliphatic heterocycles. The Labute approximate surface area is 161 Å². The molecule has 0 spiro atoms. The molecule has 0 bridgehead atoms. The highest BCUT2D eigenvalue weighted by Crippen LogP contribution is 2.59. The van der Waals surface area contributed by atoms with E-state index in [9.17, 15) is 8.42 Å². The summed E-state index contributed by atoms with van der Waals surface area (Å²) in [6, 6.07) is 23.9. The second kappa shape index (κ2) is 4.54. The average molecular weight is 380 g/mol. The first-order valence-electron chi connectivity index (χ1n) is 9.13. The second-order valence-corrected chi connectivity index (χ2v) is 8.85. The summed E-state index contributed by atoms with van der Waals surface area (Å²) in [6.07, 6.45) is 0. The molecule has 0 aromatic heterocycles. The van der Waals surface area contributed by atoms with Crippen LogP contribution in [0.2, 0.25) is 0 Å². The lowest BCUT2D eigenvalue weighted by molar-refractivity contribution is 0.476. The monoisotopic (exact) mass is 380 g/mol. The van der Waals surface area contributed by atoms with Crippen LogP contribution < -0.4 is 0 Å². The van der Waals surface area contributed by atoms with E-state index < -0.39 is 10.1 Å². The summed E-state index contributed by atoms with van der Waals surface area (Å²) in [5.74, 6) is 0.454. The van der Waals surface area contributed by atoms with Crippen LogP contribution in [0.3, 0.4) is 0 Å². The van der Waals surface area contributed by atoms with Gasteiger partial charge in [-0.25, -0.2) is 0 Å². The quantitative estimate of drug-likeness (QED) is 0.383. The normalized spacial score (nSPS) is 17.9. The van der Waals surface area contributed by atoms with Gasteiger partial charge in [-0.15, -0.1) is 0 Å². The summed E-state index contributed by atoms with van der Waals surface area (Å²) >= 11 is 0. The van der Waals surface area contributed by atoms with Crippen LogP contribution in [0.25, 0.3) is 43.4 Å². The van der Waals surface area contributed by atoms with Crippen molar-refractivity contribution >= 4 is 53.5 Å². The van der Waals surface area contributed by atoms with Gasteiger partial charge in [0.2, 0.25) is 0 Å². The molecular weight excluding hydrogens is 368 g/mol. The molecule has 3 aliphatic rings. The maximum Gasteiger partial charge on any atom is 0.340 e. The van der Waals surface area contributed by atoms with Gasteiger partial charge >= 0.3 is 10.1 Å². The molecular formula is C24H12O3S. The van der Waals surface area contributed by atoms with Gasteiger partial charge in [-0.1, -0.05) is 72.8 Å². The molecule has 0 saturated carbocycles. The highest BCUT2D eigenvalue weighted by atomic mass is 32.2. The first-order chi connectivity index (χ1) is 13.6. The van der Waals surface area contributed by atoms with Gasteiger partial charge in [-0.2, -0.15) is 8.42 Å². The number of benzene rings is 4. The van der Waals surface area contributed by atoms with Crippen molar-refractivity contribution in [3.05, 3.63) is 95.1 Å². The molecule has 0 atom stereocenters. The first-order valence-corrected chi connectivity index (χ1v) is 10.5. The largest absolute Gasteiger partial charge is 0.378 e. The summed E-state index contributed by atoms with van der Waals surface area (Å²) in [5.41, 5.74) is 5.25. The van der Waals surface area contributed by atoms with Crippen LogP contribution in [0.15, 0.2) is 72.8 Å². The van der Waals surface area contributed by atoms with Crippen molar-refractivity contribution in [1.82, 2.24) is 0 Å². The van der Waals surface area contributed by atoms with Gasteiger partial charge in [0.15, 0.2) is 5.76 Å². The van der Waals surface area contributed by atoms with Crippen LogP contribution in [0.5, 0.6) is 0 Å². The molecule has 0 saturated heterocycles. The second-order valence-electron chi connectivity index (χ2n) is 7.36. The molecule has 0 fully saturated rings. The van der Waals surface area contributed by atoms with E-state index in [2.05, 4.69) is 18.2 Å². The van der Waals surface area contributed by atoms with Crippen LogP contribution in [-0.2, 0) is 14.3 Å². The third-order valence-corrected chi connectivity index (χ3v) is 7.29. The predicted octanol–water partition coefficient (Wildman–Crippen LogP) is 5.42. The van der Waals surface area contributed by atoms with Crippen molar-refractivity contribution in [2.75, 3.05) is 0 Å². The summed E-state index contributed by atoms with van der Waals surface area (Å²) in [4.78, 5) is 0.294. The average Bonchev–Trinajstić information content (AvgIpc) is 3.20. The van der Waals surface area contributed by atoms with Crippen LogP contribution >= 0.6 is 0 Å². The van der Waals surface area contributed by atoms with Crippen molar-refractivity contribution < 1.29 is 12.6 Å². The summed E-state index contributed by atoms with van der Waals surface area (Å²) in [5, 5.41) is 4.16. The lowest BCUT2D eigenvalue weighted by atomic mass is 9.93. The summed E-state index contributed by atoms with van der Waals surface area (Å²) in [6.45, 7) is 0. The van der Waals surface area contributed by atoms with E-state index >= 15 is 0 Å². The minimum Gasteiger partial charge on any atom is -0.378 e. The zero-order valence-electron chi connectivity index (χ0n) is 14.6. The molecule has 4 aromatic carbocycles. The molecule has 7 rings (SSSR count). The van der Waals surface area contributed by atoms with E-state index in [1.54, 1.807) is 0 Å². The summed E-state index contributed by atoms with van der Waals surface area (Å²) in [7, 11) is -3.92. The molecule has 1 heterocycles. The third-order valence-electron chi connectivity index (χ3n) is 5.98. The molecule has 2 aliphatic carbocycles. The van der Waals surface area contributed by atoms with Crippen LogP contribution in [-0.4, -0.2) is 8.42 Å². The number of rotatable bonds is 0. The molecule has 3 nitrogen and oxygen atoms in total. The maximum absolute atomic E-state index is 13.3. The molecule has 0 unspecified atom stereocenters. The molecule has 0 N–H and O–H groups in total. The Morgan fingerprint density at radius 2 is 1.07 bits per heavy atom. The Morgan fingerprint density at radius 1 is 0.571 bits per heavy atom. The van der Waals surface area contributed by atoms with E-state index in [-0.39, 0.29) is 0 Å². The number of hydrogen-bond acceptors (Lipinski definition) is 3. The topological polar surface area (TPSA) is 43.4 Å². The lowest BCUT2D eigenvalue weighted by Crippen LogP contribution is -2.12. The Bertz CT molecular complexity index is 1580. The molecule has 4 heteroatoms. The van der Waals surface area contributed by atoms with Gasteiger partial charge in [0.25, 0.3) is 0 Å². The Morgan fingerprint density at radius 3 is 1.71 bits per heavy atom. The summed E-state index contributed by atoms with van der Waals surface area (Å²) < 4.78 is 32.3. The van der Waals surface area contributed by atoms with E-state index in [4.69, 9.17) is 4.18 Å². The predicted molar refractivity (Wildman–Crippen MR) is 112 cm³/mol. The van der Waals surface area contributed by atoms with E-state index in [1.807, 2.05) is 54.6 Å². The zero-order valence-corrected chi connectivity index (χ0v) is 15.4. The van der Waals surface area contributed by atoms with E-state index in [0.717, 1.165) is 54.9 Å². The Kier molecular flexibility index (Phi) is 2.38. The highest BCUT2D eigenvalue weighted by molar-refractivity contribution is 7.97. The molecule has 0 amide bonds. The van der Waals surface area contributed by atoms with Crippen molar-refractivity contribution in [1.29, 1.82) is 0 Å². The van der Waals surface area contributed by atoms with E-state index in [0.29, 0.717) is 10.7 Å². The SMILES string of the molecule is O=S1(=O)OC2=C(C3=C1c1cccc4cccc3c14)c1cccc3cccc2c13. The van der Waals surface area contributed by atoms with Crippen LogP contribution in [0, 0.1) is 0 Å². The standard InChI is InChI=1S/C24H12O3S/c25-28(26)24-18-12-4-8-14-6-2-10-16(20(14)18)22(24)21-15-9-1-5-13-7-3-11-17(19(13)15)23(21)27-28/h1-12H. The minimum absolute atomic E-state index is 0.294. The van der Waals surface area contributed by atoms with Crippen molar-refractivity contribution in [2.45, 2.75) is 0 Å². The van der Waals surface area contributed by atoms with Crippen LogP contribution in [0.1, 0.15) is 22.3 Å². The molecule has 4 aromatic rings. The number of allylic oxidation sites excluding steroid dienone is 2. The van der Waals surface area contributed by atoms with Crippen molar-refractivity contribution in [2.24, 2.45) is 0 Å². The fourth-order valence-corrected chi connectivity index (χ4v) is 6.36. The molecule has 0 radical (unpaired) electrons. The maximum atomic E-state index is 13.3.